The first-order chi connectivity index (χ1) is 9.24. The lowest BCUT2D eigenvalue weighted by Gasteiger charge is -2.11. The van der Waals surface area contributed by atoms with Crippen LogP contribution in [0.1, 0.15) is 18.2 Å². The Morgan fingerprint density at radius 1 is 1.32 bits per heavy atom. The van der Waals surface area contributed by atoms with Crippen molar-refractivity contribution < 1.29 is 4.74 Å². The standard InChI is InChI=1S/C14H16ClN3O/c1-3-10-7-14(18-9-17-10)16-8-11-12(15)5-4-6-13(11)19-2/h4-7,9H,3,8H2,1-2H3,(H,16,17,18). The summed E-state index contributed by atoms with van der Waals surface area (Å²) in [5.74, 6) is 1.55. The van der Waals surface area contributed by atoms with Gasteiger partial charge < -0.3 is 10.1 Å². The molecule has 1 aromatic carbocycles. The van der Waals surface area contributed by atoms with E-state index in [2.05, 4.69) is 22.2 Å². The second kappa shape index (κ2) is 6.38. The molecule has 0 atom stereocenters. The average Bonchev–Trinajstić information content (AvgIpc) is 2.46. The minimum atomic E-state index is 0.559. The minimum absolute atomic E-state index is 0.559. The lowest BCUT2D eigenvalue weighted by atomic mass is 10.2. The van der Waals surface area contributed by atoms with Gasteiger partial charge in [0.25, 0.3) is 0 Å². The summed E-state index contributed by atoms with van der Waals surface area (Å²) in [4.78, 5) is 8.34. The highest BCUT2D eigenvalue weighted by atomic mass is 35.5. The van der Waals surface area contributed by atoms with Crippen LogP contribution in [0.15, 0.2) is 30.6 Å². The highest BCUT2D eigenvalue weighted by molar-refractivity contribution is 6.31. The number of nitrogens with one attached hydrogen (secondary N) is 1. The zero-order valence-corrected chi connectivity index (χ0v) is 11.7. The predicted molar refractivity (Wildman–Crippen MR) is 76.7 cm³/mol. The maximum atomic E-state index is 6.18. The maximum absolute atomic E-state index is 6.18. The quantitative estimate of drug-likeness (QED) is 0.911. The molecule has 0 saturated heterocycles. The number of hydrogen-bond donors (Lipinski definition) is 1. The zero-order valence-electron chi connectivity index (χ0n) is 11.0. The normalized spacial score (nSPS) is 10.3. The number of aromatic nitrogens is 2. The van der Waals surface area contributed by atoms with Crippen LogP contribution in [0.4, 0.5) is 5.82 Å². The molecule has 5 heteroatoms. The van der Waals surface area contributed by atoms with Crippen LogP contribution in [0.3, 0.4) is 0 Å². The van der Waals surface area contributed by atoms with Crippen LogP contribution < -0.4 is 10.1 Å². The number of rotatable bonds is 5. The smallest absolute Gasteiger partial charge is 0.129 e. The van der Waals surface area contributed by atoms with E-state index in [-0.39, 0.29) is 0 Å². The van der Waals surface area contributed by atoms with Gasteiger partial charge in [0.05, 0.1) is 7.11 Å². The molecule has 0 aliphatic heterocycles. The van der Waals surface area contributed by atoms with Crippen LogP contribution in [-0.2, 0) is 13.0 Å². The molecule has 4 nitrogen and oxygen atoms in total. The number of halogens is 1. The summed E-state index contributed by atoms with van der Waals surface area (Å²) in [6, 6.07) is 7.53. The zero-order chi connectivity index (χ0) is 13.7. The Balaban J connectivity index is 2.14. The van der Waals surface area contributed by atoms with Crippen LogP contribution in [0.25, 0.3) is 0 Å². The molecule has 0 radical (unpaired) electrons. The molecule has 1 aromatic heterocycles. The average molecular weight is 278 g/mol. The second-order valence-corrected chi connectivity index (χ2v) is 4.43. The Morgan fingerprint density at radius 3 is 2.89 bits per heavy atom. The van der Waals surface area contributed by atoms with E-state index in [1.165, 1.54) is 0 Å². The van der Waals surface area contributed by atoms with E-state index in [9.17, 15) is 0 Å². The Morgan fingerprint density at radius 2 is 2.16 bits per heavy atom. The molecule has 19 heavy (non-hydrogen) atoms. The van der Waals surface area contributed by atoms with Crippen molar-refractivity contribution in [3.63, 3.8) is 0 Å². The lowest BCUT2D eigenvalue weighted by molar-refractivity contribution is 0.410. The van der Waals surface area contributed by atoms with E-state index in [1.807, 2.05) is 24.3 Å². The third kappa shape index (κ3) is 3.35. The minimum Gasteiger partial charge on any atom is -0.496 e. The van der Waals surface area contributed by atoms with Crippen molar-refractivity contribution >= 4 is 17.4 Å². The maximum Gasteiger partial charge on any atom is 0.129 e. The third-order valence-corrected chi connectivity index (χ3v) is 3.18. The first-order valence-electron chi connectivity index (χ1n) is 6.10. The summed E-state index contributed by atoms with van der Waals surface area (Å²) < 4.78 is 5.30. The van der Waals surface area contributed by atoms with Crippen molar-refractivity contribution in [1.29, 1.82) is 0 Å². The van der Waals surface area contributed by atoms with Gasteiger partial charge in [-0.15, -0.1) is 0 Å². The number of methoxy groups -OCH3 is 1. The molecule has 0 aliphatic rings. The van der Waals surface area contributed by atoms with Crippen molar-refractivity contribution in [3.05, 3.63) is 46.9 Å². The van der Waals surface area contributed by atoms with Crippen molar-refractivity contribution in [1.82, 2.24) is 9.97 Å². The van der Waals surface area contributed by atoms with Gasteiger partial charge in [0.2, 0.25) is 0 Å². The number of ether oxygens (including phenoxy) is 1. The van der Waals surface area contributed by atoms with Gasteiger partial charge in [-0.1, -0.05) is 24.6 Å². The van der Waals surface area contributed by atoms with Crippen molar-refractivity contribution in [2.75, 3.05) is 12.4 Å². The van der Waals surface area contributed by atoms with Gasteiger partial charge in [0, 0.05) is 28.9 Å². The van der Waals surface area contributed by atoms with Crippen LogP contribution in [0, 0.1) is 0 Å². The Kier molecular flexibility index (Phi) is 4.58. The number of anilines is 1. The molecule has 1 N–H and O–H groups in total. The Bertz CT molecular complexity index is 560. The summed E-state index contributed by atoms with van der Waals surface area (Å²) in [7, 11) is 1.63. The van der Waals surface area contributed by atoms with Gasteiger partial charge in [-0.3, -0.25) is 0 Å². The molecular weight excluding hydrogens is 262 g/mol. The molecule has 0 saturated carbocycles. The summed E-state index contributed by atoms with van der Waals surface area (Å²) >= 11 is 6.18. The molecule has 0 fully saturated rings. The van der Waals surface area contributed by atoms with E-state index < -0.39 is 0 Å². The molecule has 0 aliphatic carbocycles. The Hall–Kier alpha value is -1.81. The molecule has 100 valence electrons. The molecular formula is C14H16ClN3O. The van der Waals surface area contributed by atoms with E-state index in [0.29, 0.717) is 11.6 Å². The summed E-state index contributed by atoms with van der Waals surface area (Å²) in [5, 5.41) is 3.91. The second-order valence-electron chi connectivity index (χ2n) is 4.02. The van der Waals surface area contributed by atoms with Crippen molar-refractivity contribution in [2.24, 2.45) is 0 Å². The first kappa shape index (κ1) is 13.6. The number of aryl methyl sites for hydroxylation is 1. The molecule has 0 spiro atoms. The predicted octanol–water partition coefficient (Wildman–Crippen LogP) is 3.31. The van der Waals surface area contributed by atoms with Crippen LogP contribution in [-0.4, -0.2) is 17.1 Å². The number of nitrogens with zero attached hydrogens (tertiary/aromatic N) is 2. The van der Waals surface area contributed by atoms with Gasteiger partial charge in [-0.05, 0) is 18.6 Å². The third-order valence-electron chi connectivity index (χ3n) is 2.83. The van der Waals surface area contributed by atoms with Gasteiger partial charge >= 0.3 is 0 Å². The summed E-state index contributed by atoms with van der Waals surface area (Å²) in [6.45, 7) is 2.62. The highest BCUT2D eigenvalue weighted by Gasteiger charge is 2.07. The van der Waals surface area contributed by atoms with Crippen LogP contribution in [0.5, 0.6) is 5.75 Å². The summed E-state index contributed by atoms with van der Waals surface area (Å²) in [6.07, 6.45) is 2.44. The van der Waals surface area contributed by atoms with E-state index in [1.54, 1.807) is 13.4 Å². The van der Waals surface area contributed by atoms with E-state index >= 15 is 0 Å². The number of hydrogen-bond acceptors (Lipinski definition) is 4. The summed E-state index contributed by atoms with van der Waals surface area (Å²) in [5.41, 5.74) is 1.92. The van der Waals surface area contributed by atoms with Crippen LogP contribution in [0.2, 0.25) is 5.02 Å². The fourth-order valence-corrected chi connectivity index (χ4v) is 2.00. The molecule has 0 unspecified atom stereocenters. The van der Waals surface area contributed by atoms with Gasteiger partial charge in [-0.25, -0.2) is 9.97 Å². The first-order valence-corrected chi connectivity index (χ1v) is 6.48. The number of benzene rings is 1. The van der Waals surface area contributed by atoms with Gasteiger partial charge in [0.15, 0.2) is 0 Å². The SMILES string of the molecule is CCc1cc(NCc2c(Cl)cccc2OC)ncn1. The van der Waals surface area contributed by atoms with Crippen molar-refractivity contribution in [2.45, 2.75) is 19.9 Å². The molecule has 2 aromatic rings. The highest BCUT2D eigenvalue weighted by Crippen LogP contribution is 2.26. The fourth-order valence-electron chi connectivity index (χ4n) is 1.77. The molecule has 0 bridgehead atoms. The molecule has 1 heterocycles. The van der Waals surface area contributed by atoms with Gasteiger partial charge in [0.1, 0.15) is 17.9 Å². The van der Waals surface area contributed by atoms with E-state index in [0.717, 1.165) is 29.2 Å². The van der Waals surface area contributed by atoms with E-state index in [4.69, 9.17) is 16.3 Å². The lowest BCUT2D eigenvalue weighted by Crippen LogP contribution is -2.05. The van der Waals surface area contributed by atoms with Gasteiger partial charge in [-0.2, -0.15) is 0 Å². The fraction of sp³-hybridized carbons (Fsp3) is 0.286. The largest absolute Gasteiger partial charge is 0.496 e. The molecule has 0 amide bonds. The topological polar surface area (TPSA) is 47.0 Å². The Labute approximate surface area is 117 Å². The molecule has 2 rings (SSSR count). The monoisotopic (exact) mass is 277 g/mol. The van der Waals surface area contributed by atoms with Crippen molar-refractivity contribution in [3.8, 4) is 5.75 Å². The van der Waals surface area contributed by atoms with Crippen LogP contribution >= 0.6 is 11.6 Å².